The molecule has 0 atom stereocenters. The quantitative estimate of drug-likeness (QED) is 0.705. The van der Waals surface area contributed by atoms with E-state index in [1.807, 2.05) is 11.8 Å². The van der Waals surface area contributed by atoms with Crippen molar-refractivity contribution in [3.63, 3.8) is 0 Å². The Labute approximate surface area is 145 Å². The van der Waals surface area contributed by atoms with Crippen molar-refractivity contribution in [2.24, 2.45) is 5.92 Å². The topological polar surface area (TPSA) is 66.5 Å². The van der Waals surface area contributed by atoms with Crippen LogP contribution in [0.2, 0.25) is 0 Å². The van der Waals surface area contributed by atoms with E-state index in [1.165, 1.54) is 36.4 Å². The number of carbonyl (C=O) groups excluding carboxylic acids is 1. The van der Waals surface area contributed by atoms with Gasteiger partial charge in [-0.25, -0.2) is 12.7 Å². The lowest BCUT2D eigenvalue weighted by Crippen LogP contribution is -2.43. The molecule has 1 saturated heterocycles. The number of piperidine rings is 1. The van der Waals surface area contributed by atoms with Gasteiger partial charge in [-0.1, -0.05) is 19.3 Å². The third-order valence-electron chi connectivity index (χ3n) is 4.89. The molecule has 1 saturated carbocycles. The molecule has 2 fully saturated rings. The maximum absolute atomic E-state index is 12.2. The number of nitrogens with zero attached hydrogens (tertiary/aromatic N) is 1. The fourth-order valence-electron chi connectivity index (χ4n) is 3.35. The molecule has 0 radical (unpaired) electrons. The van der Waals surface area contributed by atoms with Crippen molar-refractivity contribution in [3.8, 4) is 0 Å². The molecule has 2 rings (SSSR count). The second kappa shape index (κ2) is 9.28. The minimum absolute atomic E-state index is 0.0296. The first-order valence-electron chi connectivity index (χ1n) is 8.90. The van der Waals surface area contributed by atoms with E-state index in [-0.39, 0.29) is 17.6 Å². The van der Waals surface area contributed by atoms with E-state index in [9.17, 15) is 13.2 Å². The first-order chi connectivity index (χ1) is 11.0. The zero-order chi connectivity index (χ0) is 16.7. The number of hydrogen-bond donors (Lipinski definition) is 1. The van der Waals surface area contributed by atoms with Crippen LogP contribution in [0, 0.1) is 5.92 Å². The highest BCUT2D eigenvalue weighted by atomic mass is 32.2. The second-order valence-corrected chi connectivity index (χ2v) is 10.2. The molecular formula is C16H30N2O3S2. The molecule has 0 aromatic carbocycles. The lowest BCUT2D eigenvalue weighted by atomic mass is 9.97. The molecule has 0 aromatic rings. The monoisotopic (exact) mass is 362 g/mol. The van der Waals surface area contributed by atoms with Crippen LogP contribution in [0.3, 0.4) is 0 Å². The molecule has 0 unspecified atom stereocenters. The van der Waals surface area contributed by atoms with Crippen molar-refractivity contribution in [1.29, 1.82) is 0 Å². The number of hydrogen-bond acceptors (Lipinski definition) is 4. The third-order valence-corrected chi connectivity index (χ3v) is 8.15. The maximum atomic E-state index is 12.2. The number of carbonyl (C=O) groups is 1. The van der Waals surface area contributed by atoms with Crippen LogP contribution in [0.15, 0.2) is 0 Å². The molecule has 1 N–H and O–H groups in total. The summed E-state index contributed by atoms with van der Waals surface area (Å²) in [4.78, 5) is 12.2. The standard InChI is InChI=1S/C16H30N2O3S2/c1-2-23(20,21)18-11-8-14(9-12-18)16(19)17-10-13-22-15-6-4-3-5-7-15/h14-15H,2-13H2,1H3,(H,17,19). The number of sulfonamides is 1. The molecule has 5 nitrogen and oxygen atoms in total. The van der Waals surface area contributed by atoms with Crippen LogP contribution in [-0.2, 0) is 14.8 Å². The van der Waals surface area contributed by atoms with Gasteiger partial charge in [0.1, 0.15) is 0 Å². The van der Waals surface area contributed by atoms with Crippen molar-refractivity contribution in [2.45, 2.75) is 57.1 Å². The van der Waals surface area contributed by atoms with Gasteiger partial charge in [0.05, 0.1) is 5.75 Å². The Balaban J connectivity index is 1.61. The van der Waals surface area contributed by atoms with Crippen LogP contribution in [0.4, 0.5) is 0 Å². The van der Waals surface area contributed by atoms with Crippen LogP contribution in [-0.4, -0.2) is 55.0 Å². The van der Waals surface area contributed by atoms with Gasteiger partial charge in [0, 0.05) is 36.6 Å². The van der Waals surface area contributed by atoms with Crippen LogP contribution in [0.5, 0.6) is 0 Å². The molecular weight excluding hydrogens is 332 g/mol. The van der Waals surface area contributed by atoms with Gasteiger partial charge in [-0.05, 0) is 32.6 Å². The van der Waals surface area contributed by atoms with Gasteiger partial charge in [-0.2, -0.15) is 11.8 Å². The summed E-state index contributed by atoms with van der Waals surface area (Å²) >= 11 is 1.99. The Morgan fingerprint density at radius 2 is 1.78 bits per heavy atom. The largest absolute Gasteiger partial charge is 0.355 e. The minimum Gasteiger partial charge on any atom is -0.355 e. The molecule has 23 heavy (non-hydrogen) atoms. The second-order valence-electron chi connectivity index (χ2n) is 6.50. The maximum Gasteiger partial charge on any atom is 0.223 e. The van der Waals surface area contributed by atoms with E-state index in [1.54, 1.807) is 6.92 Å². The third kappa shape index (κ3) is 5.94. The molecule has 1 heterocycles. The molecule has 1 aliphatic heterocycles. The normalized spacial score (nSPS) is 22.1. The summed E-state index contributed by atoms with van der Waals surface area (Å²) in [7, 11) is -3.11. The highest BCUT2D eigenvalue weighted by Gasteiger charge is 2.29. The summed E-state index contributed by atoms with van der Waals surface area (Å²) in [6, 6.07) is 0. The van der Waals surface area contributed by atoms with Gasteiger partial charge in [0.2, 0.25) is 15.9 Å². The van der Waals surface area contributed by atoms with E-state index < -0.39 is 10.0 Å². The number of thioether (sulfide) groups is 1. The smallest absolute Gasteiger partial charge is 0.223 e. The summed E-state index contributed by atoms with van der Waals surface area (Å²) in [5, 5.41) is 3.81. The molecule has 2 aliphatic rings. The lowest BCUT2D eigenvalue weighted by Gasteiger charge is -2.30. The number of rotatable bonds is 7. The predicted octanol–water partition coefficient (Wildman–Crippen LogP) is 2.23. The van der Waals surface area contributed by atoms with Gasteiger partial charge in [-0.3, -0.25) is 4.79 Å². The van der Waals surface area contributed by atoms with Crippen molar-refractivity contribution >= 4 is 27.7 Å². The van der Waals surface area contributed by atoms with Crippen LogP contribution < -0.4 is 5.32 Å². The van der Waals surface area contributed by atoms with Gasteiger partial charge in [0.15, 0.2) is 0 Å². The summed E-state index contributed by atoms with van der Waals surface area (Å²) < 4.78 is 25.2. The van der Waals surface area contributed by atoms with Crippen LogP contribution in [0.1, 0.15) is 51.9 Å². The van der Waals surface area contributed by atoms with E-state index in [0.29, 0.717) is 25.9 Å². The number of nitrogens with one attached hydrogen (secondary N) is 1. The molecule has 1 aliphatic carbocycles. The summed E-state index contributed by atoms with van der Waals surface area (Å²) in [6.45, 7) is 3.35. The van der Waals surface area contributed by atoms with E-state index in [0.717, 1.165) is 17.5 Å². The fourth-order valence-corrected chi connectivity index (χ4v) is 5.71. The van der Waals surface area contributed by atoms with Crippen LogP contribution >= 0.6 is 11.8 Å². The minimum atomic E-state index is -3.11. The molecule has 7 heteroatoms. The average molecular weight is 363 g/mol. The van der Waals surface area contributed by atoms with Gasteiger partial charge < -0.3 is 5.32 Å². The molecule has 0 aromatic heterocycles. The Kier molecular flexibility index (Phi) is 7.69. The zero-order valence-corrected chi connectivity index (χ0v) is 15.8. The van der Waals surface area contributed by atoms with Crippen molar-refractivity contribution in [2.75, 3.05) is 31.1 Å². The summed E-state index contributed by atoms with van der Waals surface area (Å²) in [5.74, 6) is 1.20. The van der Waals surface area contributed by atoms with Crippen LogP contribution in [0.25, 0.3) is 0 Å². The van der Waals surface area contributed by atoms with Crippen molar-refractivity contribution in [1.82, 2.24) is 9.62 Å². The van der Waals surface area contributed by atoms with Crippen molar-refractivity contribution < 1.29 is 13.2 Å². The fraction of sp³-hybridized carbons (Fsp3) is 0.938. The van der Waals surface area contributed by atoms with Gasteiger partial charge >= 0.3 is 0 Å². The van der Waals surface area contributed by atoms with Crippen molar-refractivity contribution in [3.05, 3.63) is 0 Å². The summed E-state index contributed by atoms with van der Waals surface area (Å²) in [6.07, 6.45) is 8.00. The van der Waals surface area contributed by atoms with Gasteiger partial charge in [-0.15, -0.1) is 0 Å². The lowest BCUT2D eigenvalue weighted by molar-refractivity contribution is -0.125. The molecule has 0 bridgehead atoms. The molecule has 0 spiro atoms. The Bertz CT molecular complexity index is 468. The van der Waals surface area contributed by atoms with E-state index >= 15 is 0 Å². The first kappa shape index (κ1) is 19.1. The Morgan fingerprint density at radius 1 is 1.13 bits per heavy atom. The Hall–Kier alpha value is -0.270. The predicted molar refractivity (Wildman–Crippen MR) is 96.1 cm³/mol. The van der Waals surface area contributed by atoms with Gasteiger partial charge in [0.25, 0.3) is 0 Å². The van der Waals surface area contributed by atoms with E-state index in [2.05, 4.69) is 5.32 Å². The SMILES string of the molecule is CCS(=O)(=O)N1CCC(C(=O)NCCSC2CCCCC2)CC1. The van der Waals surface area contributed by atoms with E-state index in [4.69, 9.17) is 0 Å². The molecule has 134 valence electrons. The Morgan fingerprint density at radius 3 is 2.39 bits per heavy atom. The summed E-state index contributed by atoms with van der Waals surface area (Å²) in [5.41, 5.74) is 0. The number of amides is 1. The zero-order valence-electron chi connectivity index (χ0n) is 14.1. The molecule has 1 amide bonds. The highest BCUT2D eigenvalue weighted by Crippen LogP contribution is 2.27. The highest BCUT2D eigenvalue weighted by molar-refractivity contribution is 7.99. The first-order valence-corrected chi connectivity index (χ1v) is 11.6. The average Bonchev–Trinajstić information content (AvgIpc) is 2.59.